The fourth-order valence-corrected chi connectivity index (χ4v) is 3.56. The molecule has 144 valence electrons. The highest BCUT2D eigenvalue weighted by Crippen LogP contribution is 2.24. The minimum absolute atomic E-state index is 0.285. The first-order valence-corrected chi connectivity index (χ1v) is 10.6. The standard InChI is InChI=1S/C17H16Cl3N3O3S/c1-11-3-6-14(8-15(11)19)23(27(2,25)26)10-17(24)22-21-9-12-4-5-13(18)7-16(12)20/h3-9H,10H2,1-2H3,(H,22,24)/b21-9-. The van der Waals surface area contributed by atoms with Crippen molar-refractivity contribution in [3.63, 3.8) is 0 Å². The van der Waals surface area contributed by atoms with Gasteiger partial charge in [-0.15, -0.1) is 0 Å². The Morgan fingerprint density at radius 2 is 1.85 bits per heavy atom. The molecular formula is C17H16Cl3N3O3S. The van der Waals surface area contributed by atoms with Gasteiger partial charge in [0.15, 0.2) is 0 Å². The van der Waals surface area contributed by atoms with Gasteiger partial charge in [-0.25, -0.2) is 13.8 Å². The van der Waals surface area contributed by atoms with Gasteiger partial charge in [0.25, 0.3) is 5.91 Å². The molecule has 0 bridgehead atoms. The van der Waals surface area contributed by atoms with E-state index in [-0.39, 0.29) is 5.69 Å². The van der Waals surface area contributed by atoms with E-state index in [1.165, 1.54) is 12.3 Å². The molecule has 0 unspecified atom stereocenters. The SMILES string of the molecule is Cc1ccc(N(CC(=O)N/N=C\c2ccc(Cl)cc2Cl)S(C)(=O)=O)cc1Cl. The van der Waals surface area contributed by atoms with E-state index >= 15 is 0 Å². The lowest BCUT2D eigenvalue weighted by molar-refractivity contribution is -0.119. The molecule has 0 saturated heterocycles. The number of rotatable bonds is 6. The number of carbonyl (C=O) groups excluding carboxylic acids is 1. The average molecular weight is 449 g/mol. The summed E-state index contributed by atoms with van der Waals surface area (Å²) in [6, 6.07) is 9.54. The summed E-state index contributed by atoms with van der Waals surface area (Å²) < 4.78 is 25.1. The summed E-state index contributed by atoms with van der Waals surface area (Å²) in [4.78, 5) is 12.1. The highest BCUT2D eigenvalue weighted by Gasteiger charge is 2.21. The van der Waals surface area contributed by atoms with Gasteiger partial charge in [-0.3, -0.25) is 9.10 Å². The number of anilines is 1. The number of hydrogen-bond donors (Lipinski definition) is 1. The van der Waals surface area contributed by atoms with E-state index in [9.17, 15) is 13.2 Å². The highest BCUT2D eigenvalue weighted by atomic mass is 35.5. The van der Waals surface area contributed by atoms with Crippen molar-refractivity contribution >= 4 is 62.6 Å². The summed E-state index contributed by atoms with van der Waals surface area (Å²) in [5.41, 5.74) is 3.90. The normalized spacial score (nSPS) is 11.6. The lowest BCUT2D eigenvalue weighted by Gasteiger charge is -2.21. The molecule has 2 aromatic rings. The van der Waals surface area contributed by atoms with E-state index in [1.54, 1.807) is 37.3 Å². The molecule has 2 rings (SSSR count). The van der Waals surface area contributed by atoms with Gasteiger partial charge in [0, 0.05) is 15.6 Å². The molecular weight excluding hydrogens is 433 g/mol. The zero-order valence-electron chi connectivity index (χ0n) is 14.4. The van der Waals surface area contributed by atoms with Crippen LogP contribution in [0.5, 0.6) is 0 Å². The maximum atomic E-state index is 12.1. The largest absolute Gasteiger partial charge is 0.271 e. The average Bonchev–Trinajstić information content (AvgIpc) is 2.56. The van der Waals surface area contributed by atoms with Crippen LogP contribution in [0, 0.1) is 6.92 Å². The first kappa shape index (κ1) is 21.5. The maximum absolute atomic E-state index is 12.1. The van der Waals surface area contributed by atoms with Crippen molar-refractivity contribution in [1.29, 1.82) is 0 Å². The number of carbonyl (C=O) groups is 1. The fourth-order valence-electron chi connectivity index (χ4n) is 2.08. The summed E-state index contributed by atoms with van der Waals surface area (Å²) in [6.07, 6.45) is 2.34. The van der Waals surface area contributed by atoms with Crippen LogP contribution in [0.15, 0.2) is 41.5 Å². The number of sulfonamides is 1. The Balaban J connectivity index is 2.12. The molecule has 27 heavy (non-hydrogen) atoms. The lowest BCUT2D eigenvalue weighted by Crippen LogP contribution is -2.39. The lowest BCUT2D eigenvalue weighted by atomic mass is 10.2. The van der Waals surface area contributed by atoms with E-state index in [2.05, 4.69) is 10.5 Å². The topological polar surface area (TPSA) is 78.8 Å². The number of nitrogens with zero attached hydrogens (tertiary/aromatic N) is 2. The van der Waals surface area contributed by atoms with E-state index < -0.39 is 22.5 Å². The number of halogens is 3. The van der Waals surface area contributed by atoms with Crippen molar-refractivity contribution in [3.8, 4) is 0 Å². The summed E-state index contributed by atoms with van der Waals surface area (Å²) in [5, 5.41) is 5.03. The van der Waals surface area contributed by atoms with Crippen LogP contribution in [0.1, 0.15) is 11.1 Å². The number of benzene rings is 2. The number of aryl methyl sites for hydroxylation is 1. The van der Waals surface area contributed by atoms with Crippen LogP contribution in [0.25, 0.3) is 0 Å². The van der Waals surface area contributed by atoms with Crippen molar-refractivity contribution < 1.29 is 13.2 Å². The van der Waals surface area contributed by atoms with Crippen molar-refractivity contribution in [2.75, 3.05) is 17.1 Å². The second-order valence-corrected chi connectivity index (χ2v) is 8.82. The van der Waals surface area contributed by atoms with Crippen molar-refractivity contribution in [2.24, 2.45) is 5.10 Å². The quantitative estimate of drug-likeness (QED) is 0.538. The Morgan fingerprint density at radius 3 is 2.44 bits per heavy atom. The first-order chi connectivity index (χ1) is 12.6. The zero-order chi connectivity index (χ0) is 20.2. The Kier molecular flexibility index (Phi) is 7.11. The van der Waals surface area contributed by atoms with Gasteiger partial charge in [0.1, 0.15) is 6.54 Å². The van der Waals surface area contributed by atoms with Gasteiger partial charge in [-0.2, -0.15) is 5.10 Å². The van der Waals surface area contributed by atoms with Crippen LogP contribution in [0.2, 0.25) is 15.1 Å². The smallest absolute Gasteiger partial charge is 0.260 e. The Labute approximate surface area is 172 Å². The molecule has 1 N–H and O–H groups in total. The fraction of sp³-hybridized carbons (Fsp3) is 0.176. The zero-order valence-corrected chi connectivity index (χ0v) is 17.5. The van der Waals surface area contributed by atoms with E-state index in [0.29, 0.717) is 20.6 Å². The van der Waals surface area contributed by atoms with E-state index in [0.717, 1.165) is 16.1 Å². The minimum atomic E-state index is -3.71. The number of hydrazone groups is 1. The molecule has 10 heteroatoms. The number of amides is 1. The van der Waals surface area contributed by atoms with E-state index in [4.69, 9.17) is 34.8 Å². The van der Waals surface area contributed by atoms with Crippen LogP contribution >= 0.6 is 34.8 Å². The van der Waals surface area contributed by atoms with Crippen LogP contribution in [0.3, 0.4) is 0 Å². The minimum Gasteiger partial charge on any atom is -0.271 e. The molecule has 0 aliphatic rings. The molecule has 0 aromatic heterocycles. The summed E-state index contributed by atoms with van der Waals surface area (Å²) in [6.45, 7) is 1.34. The van der Waals surface area contributed by atoms with Crippen LogP contribution in [0.4, 0.5) is 5.69 Å². The molecule has 1 amide bonds. The molecule has 0 spiro atoms. The monoisotopic (exact) mass is 447 g/mol. The molecule has 0 radical (unpaired) electrons. The van der Waals surface area contributed by atoms with E-state index in [1.807, 2.05) is 0 Å². The Morgan fingerprint density at radius 1 is 1.15 bits per heavy atom. The molecule has 0 aliphatic carbocycles. The van der Waals surface area contributed by atoms with Gasteiger partial charge in [0.2, 0.25) is 10.0 Å². The Hall–Kier alpha value is -1.80. The molecule has 0 atom stereocenters. The molecule has 6 nitrogen and oxygen atoms in total. The second kappa shape index (κ2) is 8.93. The van der Waals surface area contributed by atoms with Crippen molar-refractivity contribution in [2.45, 2.75) is 6.92 Å². The summed E-state index contributed by atoms with van der Waals surface area (Å²) in [5.74, 6) is -0.626. The van der Waals surface area contributed by atoms with Gasteiger partial charge in [-0.1, -0.05) is 46.9 Å². The van der Waals surface area contributed by atoms with Crippen LogP contribution in [-0.2, 0) is 14.8 Å². The van der Waals surface area contributed by atoms with Gasteiger partial charge in [0.05, 0.1) is 23.2 Å². The third-order valence-corrected chi connectivity index (χ3v) is 5.60. The van der Waals surface area contributed by atoms with Crippen LogP contribution in [-0.4, -0.2) is 33.3 Å². The molecule has 0 aliphatic heterocycles. The Bertz CT molecular complexity index is 994. The summed E-state index contributed by atoms with van der Waals surface area (Å²) in [7, 11) is -3.71. The third kappa shape index (κ3) is 6.10. The predicted octanol–water partition coefficient (Wildman–Crippen LogP) is 3.87. The molecule has 2 aromatic carbocycles. The van der Waals surface area contributed by atoms with Crippen LogP contribution < -0.4 is 9.73 Å². The number of hydrogen-bond acceptors (Lipinski definition) is 4. The maximum Gasteiger partial charge on any atom is 0.260 e. The van der Waals surface area contributed by atoms with Crippen molar-refractivity contribution in [3.05, 3.63) is 62.6 Å². The third-order valence-electron chi connectivity index (χ3n) is 3.49. The van der Waals surface area contributed by atoms with Gasteiger partial charge >= 0.3 is 0 Å². The van der Waals surface area contributed by atoms with Gasteiger partial charge < -0.3 is 0 Å². The first-order valence-electron chi connectivity index (χ1n) is 7.59. The molecule has 0 fully saturated rings. The molecule has 0 heterocycles. The second-order valence-electron chi connectivity index (χ2n) is 5.66. The molecule has 0 saturated carbocycles. The number of nitrogens with one attached hydrogen (secondary N) is 1. The summed E-state index contributed by atoms with van der Waals surface area (Å²) >= 11 is 17.9. The highest BCUT2D eigenvalue weighted by molar-refractivity contribution is 7.92. The van der Waals surface area contributed by atoms with Gasteiger partial charge in [-0.05, 0) is 36.8 Å². The predicted molar refractivity (Wildman–Crippen MR) is 111 cm³/mol. The van der Waals surface area contributed by atoms with Crippen molar-refractivity contribution in [1.82, 2.24) is 5.43 Å².